The summed E-state index contributed by atoms with van der Waals surface area (Å²) in [6.45, 7) is 2.56. The molecule has 3 rings (SSSR count). The molecule has 1 atom stereocenters. The largest absolute Gasteiger partial charge is 0.480 e. The van der Waals surface area contributed by atoms with Crippen molar-refractivity contribution in [3.63, 3.8) is 0 Å². The predicted molar refractivity (Wildman–Crippen MR) is 104 cm³/mol. The van der Waals surface area contributed by atoms with E-state index in [1.54, 1.807) is 0 Å². The molecule has 2 N–H and O–H groups in total. The number of carboxylic acid groups (broad SMARTS) is 1. The van der Waals surface area contributed by atoms with E-state index in [-0.39, 0.29) is 25.0 Å². The molecule has 1 aliphatic heterocycles. The number of nitrogens with one attached hydrogen (secondary N) is 1. The lowest BCUT2D eigenvalue weighted by molar-refractivity contribution is -0.139. The van der Waals surface area contributed by atoms with Gasteiger partial charge in [-0.3, -0.25) is 9.69 Å². The minimum Gasteiger partial charge on any atom is -0.480 e. The van der Waals surface area contributed by atoms with Crippen molar-refractivity contribution in [2.24, 2.45) is 0 Å². The minimum absolute atomic E-state index is 0. The Balaban J connectivity index is 0.00000225. The van der Waals surface area contributed by atoms with Crippen LogP contribution in [0.1, 0.15) is 5.56 Å². The molecule has 134 valence electrons. The maximum atomic E-state index is 11.0. The third-order valence-electron chi connectivity index (χ3n) is 4.41. The second-order valence-electron chi connectivity index (χ2n) is 6.13. The highest BCUT2D eigenvalue weighted by molar-refractivity contribution is 6.30. The third kappa shape index (κ3) is 5.44. The van der Waals surface area contributed by atoms with Crippen molar-refractivity contribution in [2.75, 3.05) is 26.2 Å². The summed E-state index contributed by atoms with van der Waals surface area (Å²) in [6.07, 6.45) is 0.848. The van der Waals surface area contributed by atoms with Crippen LogP contribution in [0.2, 0.25) is 5.02 Å². The zero-order chi connectivity index (χ0) is 16.9. The highest BCUT2D eigenvalue weighted by Crippen LogP contribution is 2.22. The average Bonchev–Trinajstić information content (AvgIpc) is 2.58. The molecule has 0 spiro atoms. The average molecular weight is 381 g/mol. The van der Waals surface area contributed by atoms with Gasteiger partial charge in [0.05, 0.1) is 6.54 Å². The van der Waals surface area contributed by atoms with Gasteiger partial charge in [0.1, 0.15) is 0 Å². The Morgan fingerprint density at radius 1 is 1.12 bits per heavy atom. The Kier molecular flexibility index (Phi) is 7.26. The molecule has 6 heteroatoms. The number of piperazine rings is 1. The second kappa shape index (κ2) is 9.20. The van der Waals surface area contributed by atoms with Gasteiger partial charge in [0.25, 0.3) is 0 Å². The van der Waals surface area contributed by atoms with E-state index in [2.05, 4.69) is 29.6 Å². The quantitative estimate of drug-likeness (QED) is 0.834. The van der Waals surface area contributed by atoms with E-state index in [0.29, 0.717) is 0 Å². The first kappa shape index (κ1) is 19.7. The lowest BCUT2D eigenvalue weighted by Gasteiger charge is -2.35. The smallest absolute Gasteiger partial charge is 0.317 e. The van der Waals surface area contributed by atoms with Crippen LogP contribution in [0.3, 0.4) is 0 Å². The molecule has 4 nitrogen and oxygen atoms in total. The highest BCUT2D eigenvalue weighted by atomic mass is 35.5. The number of aliphatic carboxylic acids is 1. The number of carboxylic acids is 1. The first-order chi connectivity index (χ1) is 11.6. The van der Waals surface area contributed by atoms with Gasteiger partial charge in [0.15, 0.2) is 0 Å². The lowest BCUT2D eigenvalue weighted by Crippen LogP contribution is -2.53. The fourth-order valence-electron chi connectivity index (χ4n) is 3.13. The van der Waals surface area contributed by atoms with Gasteiger partial charge in [-0.2, -0.15) is 0 Å². The van der Waals surface area contributed by atoms with Crippen LogP contribution in [0.15, 0.2) is 48.5 Å². The van der Waals surface area contributed by atoms with E-state index in [1.807, 2.05) is 29.2 Å². The standard InChI is InChI=1S/C19H21ClN2O2.ClH/c20-17-7-5-16(6-8-17)15-3-1-14(2-4-15)11-18-12-21-9-10-22(18)13-19(23)24;/h1-8,18,21H,9-13H2,(H,23,24);1H/t18-;/m0./s1. The molecule has 1 aliphatic rings. The number of benzene rings is 2. The number of carbonyl (C=O) groups is 1. The van der Waals surface area contributed by atoms with E-state index in [0.717, 1.165) is 42.2 Å². The monoisotopic (exact) mass is 380 g/mol. The van der Waals surface area contributed by atoms with E-state index in [4.69, 9.17) is 16.7 Å². The number of nitrogens with zero attached hydrogens (tertiary/aromatic N) is 1. The lowest BCUT2D eigenvalue weighted by atomic mass is 9.99. The molecule has 25 heavy (non-hydrogen) atoms. The second-order valence-corrected chi connectivity index (χ2v) is 6.57. The fraction of sp³-hybridized carbons (Fsp3) is 0.316. The maximum absolute atomic E-state index is 11.0. The van der Waals surface area contributed by atoms with Gasteiger partial charge in [-0.15, -0.1) is 12.4 Å². The molecule has 0 saturated carbocycles. The van der Waals surface area contributed by atoms with Crippen LogP contribution >= 0.6 is 24.0 Å². The van der Waals surface area contributed by atoms with Gasteiger partial charge in [-0.25, -0.2) is 0 Å². The Hall–Kier alpha value is -1.59. The van der Waals surface area contributed by atoms with Crippen molar-refractivity contribution in [1.82, 2.24) is 10.2 Å². The van der Waals surface area contributed by atoms with Crippen molar-refractivity contribution >= 4 is 30.0 Å². The van der Waals surface area contributed by atoms with Gasteiger partial charge < -0.3 is 10.4 Å². The highest BCUT2D eigenvalue weighted by Gasteiger charge is 2.24. The number of hydrogen-bond acceptors (Lipinski definition) is 3. The summed E-state index contributed by atoms with van der Waals surface area (Å²) < 4.78 is 0. The summed E-state index contributed by atoms with van der Waals surface area (Å²) in [5, 5.41) is 13.1. The molecule has 0 aliphatic carbocycles. The van der Waals surface area contributed by atoms with Crippen LogP contribution < -0.4 is 5.32 Å². The fourth-order valence-corrected chi connectivity index (χ4v) is 3.26. The van der Waals surface area contributed by atoms with Gasteiger partial charge in [-0.1, -0.05) is 48.0 Å². The Bertz CT molecular complexity index is 690. The van der Waals surface area contributed by atoms with Gasteiger partial charge >= 0.3 is 5.97 Å². The summed E-state index contributed by atoms with van der Waals surface area (Å²) in [7, 11) is 0. The normalized spacial score (nSPS) is 17.7. The molecule has 1 heterocycles. The summed E-state index contributed by atoms with van der Waals surface area (Å²) >= 11 is 5.93. The zero-order valence-corrected chi connectivity index (χ0v) is 15.4. The summed E-state index contributed by atoms with van der Waals surface area (Å²) in [5.74, 6) is -0.764. The summed E-state index contributed by atoms with van der Waals surface area (Å²) in [5.41, 5.74) is 3.51. The van der Waals surface area contributed by atoms with Crippen LogP contribution in [0, 0.1) is 0 Å². The molecule has 0 amide bonds. The first-order valence-corrected chi connectivity index (χ1v) is 8.51. The van der Waals surface area contributed by atoms with Crippen molar-refractivity contribution in [3.05, 3.63) is 59.1 Å². The van der Waals surface area contributed by atoms with Gasteiger partial charge in [0.2, 0.25) is 0 Å². The van der Waals surface area contributed by atoms with Gasteiger partial charge in [-0.05, 0) is 35.2 Å². The minimum atomic E-state index is -0.764. The predicted octanol–water partition coefficient (Wildman–Crippen LogP) is 3.33. The Morgan fingerprint density at radius 2 is 1.72 bits per heavy atom. The van der Waals surface area contributed by atoms with E-state index in [9.17, 15) is 4.79 Å². The Morgan fingerprint density at radius 3 is 2.32 bits per heavy atom. The number of hydrogen-bond donors (Lipinski definition) is 2. The van der Waals surface area contributed by atoms with Crippen molar-refractivity contribution in [1.29, 1.82) is 0 Å². The molecule has 1 saturated heterocycles. The molecule has 2 aromatic carbocycles. The van der Waals surface area contributed by atoms with Gasteiger partial charge in [0, 0.05) is 30.7 Å². The molecule has 0 aromatic heterocycles. The molecular formula is C19H22Cl2N2O2. The number of halogens is 2. The van der Waals surface area contributed by atoms with Crippen LogP contribution in [0.4, 0.5) is 0 Å². The molecule has 0 bridgehead atoms. The molecule has 2 aromatic rings. The maximum Gasteiger partial charge on any atom is 0.317 e. The van der Waals surface area contributed by atoms with Crippen LogP contribution in [-0.4, -0.2) is 48.2 Å². The van der Waals surface area contributed by atoms with Crippen LogP contribution in [0.5, 0.6) is 0 Å². The first-order valence-electron chi connectivity index (χ1n) is 8.13. The van der Waals surface area contributed by atoms with E-state index >= 15 is 0 Å². The van der Waals surface area contributed by atoms with Crippen molar-refractivity contribution in [2.45, 2.75) is 12.5 Å². The Labute approximate surface area is 159 Å². The summed E-state index contributed by atoms with van der Waals surface area (Å²) in [6, 6.07) is 16.5. The zero-order valence-electron chi connectivity index (χ0n) is 13.8. The molecule has 0 radical (unpaired) electrons. The SMILES string of the molecule is Cl.O=C(O)CN1CCNC[C@@H]1Cc1ccc(-c2ccc(Cl)cc2)cc1. The number of rotatable bonds is 5. The van der Waals surface area contributed by atoms with Crippen LogP contribution in [0.25, 0.3) is 11.1 Å². The van der Waals surface area contributed by atoms with Crippen molar-refractivity contribution in [3.8, 4) is 11.1 Å². The topological polar surface area (TPSA) is 52.6 Å². The summed E-state index contributed by atoms with van der Waals surface area (Å²) in [4.78, 5) is 13.1. The third-order valence-corrected chi connectivity index (χ3v) is 4.67. The molecule has 0 unspecified atom stereocenters. The molecular weight excluding hydrogens is 359 g/mol. The van der Waals surface area contributed by atoms with E-state index in [1.165, 1.54) is 5.56 Å². The van der Waals surface area contributed by atoms with Crippen LogP contribution in [-0.2, 0) is 11.2 Å². The van der Waals surface area contributed by atoms with E-state index < -0.39 is 5.97 Å². The molecule has 1 fully saturated rings. The van der Waals surface area contributed by atoms with Crippen molar-refractivity contribution < 1.29 is 9.90 Å².